The molecule has 11 heteroatoms. The van der Waals surface area contributed by atoms with E-state index in [0.717, 1.165) is 64.4 Å². The molecule has 3 amide bonds. The van der Waals surface area contributed by atoms with E-state index in [0.29, 0.717) is 35.4 Å². The molecule has 0 spiro atoms. The maximum Gasteiger partial charge on any atom is 0.346 e. The summed E-state index contributed by atoms with van der Waals surface area (Å²) in [6.07, 6.45) is 10.4. The Bertz CT molecular complexity index is 2050. The number of carbonyl (C=O) groups is 2. The molecule has 2 bridgehead atoms. The average Bonchev–Trinajstić information content (AvgIpc) is 3.26. The van der Waals surface area contributed by atoms with Crippen molar-refractivity contribution in [2.75, 3.05) is 13.7 Å². The van der Waals surface area contributed by atoms with E-state index >= 15 is 0 Å². The largest absolute Gasteiger partial charge is 0.494 e. The number of methoxy groups -OCH3 is 1. The predicted octanol–water partition coefficient (Wildman–Crippen LogP) is 4.27. The summed E-state index contributed by atoms with van der Waals surface area (Å²) in [7, 11) is 3.64. The second-order valence-electron chi connectivity index (χ2n) is 13.1. The summed E-state index contributed by atoms with van der Waals surface area (Å²) in [4.78, 5) is 41.8. The van der Waals surface area contributed by atoms with E-state index in [1.165, 1.54) is 12.8 Å². The SMILES string of the molecule is COc1cc(C(=O)N2CC3CCC2[C@@H]3N)cc2nc(-c3cc4ccc(C5C=CC6=NC(=O)NC6=C5)nc4n3CC3CC3)n(C)c12. The van der Waals surface area contributed by atoms with Crippen molar-refractivity contribution in [1.29, 1.82) is 0 Å². The number of amides is 3. The van der Waals surface area contributed by atoms with Crippen molar-refractivity contribution in [1.82, 2.24) is 29.3 Å². The Balaban J connectivity index is 1.13. The lowest BCUT2D eigenvalue weighted by atomic mass is 9.96. The minimum absolute atomic E-state index is 0.00748. The lowest BCUT2D eigenvalue weighted by Gasteiger charge is -2.27. The van der Waals surface area contributed by atoms with Crippen LogP contribution in [0.4, 0.5) is 4.79 Å². The monoisotopic (exact) mass is 602 g/mol. The highest BCUT2D eigenvalue weighted by Crippen LogP contribution is 2.40. The van der Waals surface area contributed by atoms with Gasteiger partial charge in [0, 0.05) is 49.1 Å². The fourth-order valence-electron chi connectivity index (χ4n) is 7.77. The van der Waals surface area contributed by atoms with Crippen LogP contribution >= 0.6 is 0 Å². The molecule has 3 aromatic heterocycles. The average molecular weight is 603 g/mol. The molecule has 9 rings (SSSR count). The summed E-state index contributed by atoms with van der Waals surface area (Å²) in [5.41, 5.74) is 12.7. The predicted molar refractivity (Wildman–Crippen MR) is 170 cm³/mol. The first-order valence-electron chi connectivity index (χ1n) is 15.8. The number of hydrogen-bond acceptors (Lipinski definition) is 6. The Morgan fingerprint density at radius 1 is 1.13 bits per heavy atom. The van der Waals surface area contributed by atoms with Crippen molar-refractivity contribution in [3.8, 4) is 17.3 Å². The number of aryl methyl sites for hydroxylation is 1. The lowest BCUT2D eigenvalue weighted by molar-refractivity contribution is 0.0700. The van der Waals surface area contributed by atoms with Crippen molar-refractivity contribution in [3.05, 3.63) is 65.5 Å². The van der Waals surface area contributed by atoms with Crippen LogP contribution < -0.4 is 15.8 Å². The molecule has 228 valence electrons. The number of nitrogens with one attached hydrogen (secondary N) is 1. The molecule has 4 atom stereocenters. The number of fused-ring (bicyclic) bond motifs is 5. The normalized spacial score (nSPS) is 25.2. The maximum absolute atomic E-state index is 13.7. The van der Waals surface area contributed by atoms with Gasteiger partial charge in [0.2, 0.25) is 0 Å². The minimum atomic E-state index is -0.337. The molecule has 3 fully saturated rings. The molecule has 45 heavy (non-hydrogen) atoms. The molecular weight excluding hydrogens is 568 g/mol. The molecule has 2 saturated carbocycles. The molecule has 3 N–H and O–H groups in total. The van der Waals surface area contributed by atoms with Gasteiger partial charge < -0.3 is 29.8 Å². The van der Waals surface area contributed by atoms with Crippen molar-refractivity contribution in [2.24, 2.45) is 29.6 Å². The minimum Gasteiger partial charge on any atom is -0.494 e. The van der Waals surface area contributed by atoms with Crippen LogP contribution in [0.1, 0.15) is 47.7 Å². The summed E-state index contributed by atoms with van der Waals surface area (Å²) in [5.74, 6) is 2.32. The molecule has 2 aliphatic heterocycles. The quantitative estimate of drug-likeness (QED) is 0.339. The van der Waals surface area contributed by atoms with Crippen LogP contribution in [0.3, 0.4) is 0 Å². The Labute approximate surface area is 259 Å². The van der Waals surface area contributed by atoms with Gasteiger partial charge in [-0.2, -0.15) is 4.99 Å². The first-order valence-corrected chi connectivity index (χ1v) is 15.8. The number of urea groups is 1. The number of hydrogen-bond donors (Lipinski definition) is 2. The van der Waals surface area contributed by atoms with Crippen molar-refractivity contribution >= 4 is 39.7 Å². The molecule has 3 aliphatic carbocycles. The van der Waals surface area contributed by atoms with Gasteiger partial charge in [-0.15, -0.1) is 0 Å². The van der Waals surface area contributed by atoms with Crippen molar-refractivity contribution in [3.63, 3.8) is 0 Å². The second kappa shape index (κ2) is 9.61. The maximum atomic E-state index is 13.7. The highest BCUT2D eigenvalue weighted by Gasteiger charge is 2.47. The Morgan fingerprint density at radius 2 is 2.00 bits per heavy atom. The number of nitrogens with two attached hydrogens (primary N) is 1. The number of ether oxygens (including phenoxy) is 1. The fraction of sp³-hybridized carbons (Fsp3) is 0.382. The first kappa shape index (κ1) is 26.6. The Morgan fingerprint density at radius 3 is 2.76 bits per heavy atom. The van der Waals surface area contributed by atoms with Crippen molar-refractivity contribution < 1.29 is 14.3 Å². The van der Waals surface area contributed by atoms with Gasteiger partial charge in [-0.05, 0) is 80.0 Å². The van der Waals surface area contributed by atoms with Crippen LogP contribution in [0.5, 0.6) is 5.75 Å². The number of nitrogens with zero attached hydrogens (tertiary/aromatic N) is 6. The van der Waals surface area contributed by atoms with E-state index in [1.54, 1.807) is 7.11 Å². The molecule has 11 nitrogen and oxygen atoms in total. The van der Waals surface area contributed by atoms with Crippen LogP contribution in [0.2, 0.25) is 0 Å². The highest BCUT2D eigenvalue weighted by atomic mass is 16.5. The number of imidazole rings is 1. The molecule has 0 radical (unpaired) electrons. The number of pyridine rings is 1. The van der Waals surface area contributed by atoms with Crippen molar-refractivity contribution in [2.45, 2.75) is 50.2 Å². The van der Waals surface area contributed by atoms with Gasteiger partial charge >= 0.3 is 6.03 Å². The number of likely N-dealkylation sites (tertiary alicyclic amines) is 1. The molecule has 5 heterocycles. The number of aliphatic imine (C=N–C) groups is 1. The van der Waals surface area contributed by atoms with E-state index in [9.17, 15) is 9.59 Å². The lowest BCUT2D eigenvalue weighted by Crippen LogP contribution is -2.41. The number of carbonyl (C=O) groups excluding carboxylic acids is 2. The van der Waals surface area contributed by atoms with Crippen LogP contribution in [0, 0.1) is 11.8 Å². The number of benzene rings is 1. The number of rotatable bonds is 6. The van der Waals surface area contributed by atoms with E-state index in [2.05, 4.69) is 31.6 Å². The van der Waals surface area contributed by atoms with Crippen LogP contribution in [-0.2, 0) is 13.6 Å². The summed E-state index contributed by atoms with van der Waals surface area (Å²) in [6, 6.07) is 9.89. The zero-order chi connectivity index (χ0) is 30.6. The van der Waals surface area contributed by atoms with Gasteiger partial charge in [0.25, 0.3) is 5.91 Å². The molecule has 3 unspecified atom stereocenters. The molecule has 4 aromatic rings. The molecule has 1 saturated heterocycles. The highest BCUT2D eigenvalue weighted by molar-refractivity contribution is 6.19. The van der Waals surface area contributed by atoms with E-state index < -0.39 is 0 Å². The Hall–Kier alpha value is -4.77. The third-order valence-electron chi connectivity index (χ3n) is 10.3. The number of allylic oxidation sites excluding steroid dienone is 3. The van der Waals surface area contributed by atoms with Gasteiger partial charge in [-0.25, -0.2) is 14.8 Å². The van der Waals surface area contributed by atoms with E-state index in [1.807, 2.05) is 48.4 Å². The second-order valence-corrected chi connectivity index (χ2v) is 13.1. The van der Waals surface area contributed by atoms with E-state index in [-0.39, 0.29) is 29.9 Å². The smallest absolute Gasteiger partial charge is 0.346 e. The van der Waals surface area contributed by atoms with Gasteiger partial charge in [0.1, 0.15) is 16.9 Å². The van der Waals surface area contributed by atoms with Gasteiger partial charge in [-0.1, -0.05) is 6.08 Å². The molecule has 1 aromatic carbocycles. The van der Waals surface area contributed by atoms with Crippen LogP contribution in [0.25, 0.3) is 33.6 Å². The van der Waals surface area contributed by atoms with Crippen LogP contribution in [-0.4, -0.2) is 67.4 Å². The van der Waals surface area contributed by atoms with Gasteiger partial charge in [0.05, 0.1) is 35.4 Å². The number of piperidine rings is 1. The van der Waals surface area contributed by atoms with Crippen LogP contribution in [0.15, 0.2) is 59.2 Å². The summed E-state index contributed by atoms with van der Waals surface area (Å²) < 4.78 is 10.2. The zero-order valence-electron chi connectivity index (χ0n) is 25.2. The van der Waals surface area contributed by atoms with Gasteiger partial charge in [-0.3, -0.25) is 4.79 Å². The number of aromatic nitrogens is 4. The Kier molecular flexibility index (Phi) is 5.69. The summed E-state index contributed by atoms with van der Waals surface area (Å²) in [5, 5.41) is 3.85. The van der Waals surface area contributed by atoms with E-state index in [4.69, 9.17) is 20.4 Å². The van der Waals surface area contributed by atoms with Gasteiger partial charge in [0.15, 0.2) is 5.82 Å². The summed E-state index contributed by atoms with van der Waals surface area (Å²) in [6.45, 7) is 1.57. The standard InChI is InChI=1S/C34H34N8O3/c1-40-30-25(12-21(14-28(30)45-2)33(43)42-16-20-7-10-26(42)29(20)35)37-32(40)27-13-19-6-8-22(36-31(19)41(27)15-17-3-4-17)18-5-9-23-24(11-18)39-34(44)38-23/h5-6,8-9,11-14,17-18,20,26,29H,3-4,7,10,15-16,35H2,1-2H3,(H,39,44)/t18?,20?,26?,29-/m1/s1. The molecular formula is C34H34N8O3. The first-order chi connectivity index (χ1) is 21.9. The molecule has 5 aliphatic rings. The fourth-order valence-corrected chi connectivity index (χ4v) is 7.77. The third kappa shape index (κ3) is 4.10. The summed E-state index contributed by atoms with van der Waals surface area (Å²) >= 11 is 0. The third-order valence-corrected chi connectivity index (χ3v) is 10.3. The topological polar surface area (TPSA) is 133 Å². The zero-order valence-corrected chi connectivity index (χ0v) is 25.2.